The van der Waals surface area contributed by atoms with E-state index in [4.69, 9.17) is 27.9 Å². The molecule has 4 saturated carbocycles. The molecule has 4 aliphatic carbocycles. The molecule has 168 valence electrons. The first kappa shape index (κ1) is 21.9. The number of aromatic hydroxyl groups is 1. The number of hydrogen-bond donors (Lipinski definition) is 1. The van der Waals surface area contributed by atoms with Crippen LogP contribution in [0.1, 0.15) is 56.6 Å². The van der Waals surface area contributed by atoms with E-state index >= 15 is 0 Å². The fourth-order valence-electron chi connectivity index (χ4n) is 6.88. The molecule has 0 spiro atoms. The van der Waals surface area contributed by atoms with Crippen LogP contribution in [0.5, 0.6) is 5.75 Å². The number of hydrogen-bond acceptors (Lipinski definition) is 3. The summed E-state index contributed by atoms with van der Waals surface area (Å²) in [6, 6.07) is 9.40. The number of rotatable bonds is 5. The molecule has 0 saturated heterocycles. The van der Waals surface area contributed by atoms with E-state index in [9.17, 15) is 9.90 Å². The second-order valence-electron chi connectivity index (χ2n) is 9.87. The highest BCUT2D eigenvalue weighted by atomic mass is 35.5. The first-order valence-electron chi connectivity index (χ1n) is 11.5. The summed E-state index contributed by atoms with van der Waals surface area (Å²) in [6.45, 7) is 2.10. The zero-order valence-electron chi connectivity index (χ0n) is 18.2. The van der Waals surface area contributed by atoms with E-state index < -0.39 is 5.97 Å². The summed E-state index contributed by atoms with van der Waals surface area (Å²) in [7, 11) is 0. The normalized spacial score (nSPS) is 28.4. The largest absolute Gasteiger partial charge is 0.508 e. The molecule has 6 rings (SSSR count). The van der Waals surface area contributed by atoms with Gasteiger partial charge in [-0.25, -0.2) is 4.79 Å². The third-order valence-corrected chi connectivity index (χ3v) is 8.25. The van der Waals surface area contributed by atoms with Crippen LogP contribution in [0.15, 0.2) is 36.4 Å². The molecule has 2 aromatic carbocycles. The van der Waals surface area contributed by atoms with Crippen molar-refractivity contribution < 1.29 is 14.6 Å². The molecule has 0 unspecified atom stereocenters. The Balaban J connectivity index is 1.49. The highest BCUT2D eigenvalue weighted by Crippen LogP contribution is 2.62. The molecule has 4 fully saturated rings. The third kappa shape index (κ3) is 3.95. The lowest BCUT2D eigenvalue weighted by atomic mass is 9.48. The highest BCUT2D eigenvalue weighted by Gasteiger charge is 2.52. The van der Waals surface area contributed by atoms with Crippen LogP contribution in [-0.4, -0.2) is 17.7 Å². The van der Waals surface area contributed by atoms with Crippen molar-refractivity contribution in [3.8, 4) is 16.9 Å². The van der Waals surface area contributed by atoms with Gasteiger partial charge >= 0.3 is 5.97 Å². The summed E-state index contributed by atoms with van der Waals surface area (Å²) in [4.78, 5) is 11.6. The Labute approximate surface area is 199 Å². The van der Waals surface area contributed by atoms with Crippen LogP contribution in [0.25, 0.3) is 17.2 Å². The van der Waals surface area contributed by atoms with Crippen LogP contribution in [0.4, 0.5) is 0 Å². The van der Waals surface area contributed by atoms with Crippen molar-refractivity contribution in [2.75, 3.05) is 6.61 Å². The minimum atomic E-state index is -0.400. The van der Waals surface area contributed by atoms with Gasteiger partial charge in [0.05, 0.1) is 16.7 Å². The van der Waals surface area contributed by atoms with E-state index in [0.717, 1.165) is 40.0 Å². The molecule has 4 bridgehead atoms. The van der Waals surface area contributed by atoms with Crippen LogP contribution >= 0.6 is 23.2 Å². The van der Waals surface area contributed by atoms with Gasteiger partial charge in [0.1, 0.15) is 5.75 Å². The van der Waals surface area contributed by atoms with Gasteiger partial charge < -0.3 is 9.84 Å². The van der Waals surface area contributed by atoms with Crippen molar-refractivity contribution in [3.63, 3.8) is 0 Å². The number of halogens is 2. The van der Waals surface area contributed by atoms with Crippen LogP contribution in [0, 0.1) is 17.8 Å². The average molecular weight is 471 g/mol. The van der Waals surface area contributed by atoms with Crippen LogP contribution < -0.4 is 0 Å². The van der Waals surface area contributed by atoms with Gasteiger partial charge in [0, 0.05) is 17.2 Å². The number of phenolic OH excluding ortho intramolecular Hbond substituents is 1. The van der Waals surface area contributed by atoms with Gasteiger partial charge in [-0.15, -0.1) is 0 Å². The third-order valence-electron chi connectivity index (χ3n) is 7.66. The molecule has 4 aliphatic rings. The van der Waals surface area contributed by atoms with Gasteiger partial charge in [-0.3, -0.25) is 0 Å². The zero-order chi connectivity index (χ0) is 22.5. The van der Waals surface area contributed by atoms with Gasteiger partial charge in [-0.1, -0.05) is 29.3 Å². The number of ether oxygens (including phenoxy) is 1. The molecule has 0 heterocycles. The molecular formula is C27H28Cl2O3. The fraction of sp³-hybridized carbons (Fsp3) is 0.444. The number of carbonyl (C=O) groups is 1. The van der Waals surface area contributed by atoms with Gasteiger partial charge in [0.2, 0.25) is 0 Å². The topological polar surface area (TPSA) is 46.5 Å². The fourth-order valence-corrected chi connectivity index (χ4v) is 7.60. The minimum Gasteiger partial charge on any atom is -0.508 e. The standard InChI is InChI=1S/C27H28Cl2O3/c1-2-32-25(31)6-3-16-10-22(28)26(23(29)11-16)20-4-5-24(30)21(12-20)27-13-17-7-18(14-27)9-19(8-17)15-27/h3-6,10-12,17-19,30H,2,7-9,13-15H2,1H3. The molecule has 1 N–H and O–H groups in total. The SMILES string of the molecule is CCOC(=O)C=Cc1cc(Cl)c(-c2ccc(O)c(C34CC5CC(CC(C5)C3)C4)c2)c(Cl)c1. The lowest BCUT2D eigenvalue weighted by Crippen LogP contribution is -2.48. The second kappa shape index (κ2) is 8.43. The van der Waals surface area contributed by atoms with E-state index in [2.05, 4.69) is 6.07 Å². The summed E-state index contributed by atoms with van der Waals surface area (Å²) < 4.78 is 4.93. The first-order chi connectivity index (χ1) is 15.4. The zero-order valence-corrected chi connectivity index (χ0v) is 19.8. The highest BCUT2D eigenvalue weighted by molar-refractivity contribution is 6.39. The van der Waals surface area contributed by atoms with Crippen molar-refractivity contribution in [1.82, 2.24) is 0 Å². The smallest absolute Gasteiger partial charge is 0.330 e. The Morgan fingerprint density at radius 1 is 1.06 bits per heavy atom. The second-order valence-corrected chi connectivity index (χ2v) is 10.7. The van der Waals surface area contributed by atoms with E-state index in [-0.39, 0.29) is 5.41 Å². The van der Waals surface area contributed by atoms with Crippen LogP contribution in [0.3, 0.4) is 0 Å². The Morgan fingerprint density at radius 3 is 2.22 bits per heavy atom. The van der Waals surface area contributed by atoms with Gasteiger partial charge in [-0.2, -0.15) is 0 Å². The maximum absolute atomic E-state index is 11.6. The van der Waals surface area contributed by atoms with Crippen molar-refractivity contribution in [2.24, 2.45) is 17.8 Å². The van der Waals surface area contributed by atoms with Gasteiger partial charge in [0.15, 0.2) is 0 Å². The monoisotopic (exact) mass is 470 g/mol. The molecule has 0 radical (unpaired) electrons. The Morgan fingerprint density at radius 2 is 1.66 bits per heavy atom. The molecule has 3 nitrogen and oxygen atoms in total. The Hall–Kier alpha value is -1.97. The Bertz CT molecular complexity index is 1030. The van der Waals surface area contributed by atoms with Crippen LogP contribution in [-0.2, 0) is 14.9 Å². The lowest BCUT2D eigenvalue weighted by molar-refractivity contribution is -0.137. The summed E-state index contributed by atoms with van der Waals surface area (Å²) in [5, 5.41) is 11.9. The van der Waals surface area contributed by atoms with Crippen molar-refractivity contribution in [1.29, 1.82) is 0 Å². The van der Waals surface area contributed by atoms with Crippen molar-refractivity contribution >= 4 is 35.2 Å². The maximum Gasteiger partial charge on any atom is 0.330 e. The first-order valence-corrected chi connectivity index (χ1v) is 12.3. The van der Waals surface area contributed by atoms with E-state index in [1.807, 2.05) is 6.07 Å². The lowest BCUT2D eigenvalue weighted by Gasteiger charge is -2.57. The molecule has 2 aromatic rings. The van der Waals surface area contributed by atoms with E-state index in [0.29, 0.717) is 22.4 Å². The molecule has 0 aliphatic heterocycles. The van der Waals surface area contributed by atoms with Crippen molar-refractivity contribution in [3.05, 3.63) is 57.6 Å². The van der Waals surface area contributed by atoms with Gasteiger partial charge in [0.25, 0.3) is 0 Å². The number of benzene rings is 2. The molecule has 0 aromatic heterocycles. The van der Waals surface area contributed by atoms with E-state index in [1.54, 1.807) is 31.2 Å². The van der Waals surface area contributed by atoms with Crippen LogP contribution in [0.2, 0.25) is 10.0 Å². The molecule has 0 amide bonds. The average Bonchev–Trinajstić information content (AvgIpc) is 2.72. The summed E-state index contributed by atoms with van der Waals surface area (Å²) in [5.74, 6) is 2.37. The number of phenols is 1. The molecule has 0 atom stereocenters. The quantitative estimate of drug-likeness (QED) is 0.365. The summed E-state index contributed by atoms with van der Waals surface area (Å²) in [5.41, 5.74) is 3.55. The maximum atomic E-state index is 11.6. The van der Waals surface area contributed by atoms with E-state index in [1.165, 1.54) is 44.6 Å². The summed E-state index contributed by atoms with van der Waals surface area (Å²) >= 11 is 13.3. The predicted molar refractivity (Wildman–Crippen MR) is 129 cm³/mol. The molecular weight excluding hydrogens is 443 g/mol. The number of carbonyl (C=O) groups excluding carboxylic acids is 1. The van der Waals surface area contributed by atoms with Crippen molar-refractivity contribution in [2.45, 2.75) is 50.9 Å². The Kier molecular flexibility index (Phi) is 5.75. The van der Waals surface area contributed by atoms with Gasteiger partial charge in [-0.05, 0) is 110 Å². The summed E-state index contributed by atoms with van der Waals surface area (Å²) in [6.07, 6.45) is 10.6. The minimum absolute atomic E-state index is 0.0795. The predicted octanol–water partition coefficient (Wildman–Crippen LogP) is 7.41. The molecule has 32 heavy (non-hydrogen) atoms. The molecule has 5 heteroatoms. The number of esters is 1.